The summed E-state index contributed by atoms with van der Waals surface area (Å²) in [5.41, 5.74) is 3.08. The first kappa shape index (κ1) is 50.0. The molecule has 73 heavy (non-hydrogen) atoms. The number of sulfonamides is 1. The number of amides is 1. The zero-order valence-electron chi connectivity index (χ0n) is 40.9. The Morgan fingerprint density at radius 2 is 1.74 bits per heavy atom. The summed E-state index contributed by atoms with van der Waals surface area (Å²) in [6.07, 6.45) is 7.12. The molecule has 0 radical (unpaired) electrons. The molecule has 1 atom stereocenters. The number of nitro benzene ring substituents is 1. The fourth-order valence-electron chi connectivity index (χ4n) is 11.4. The van der Waals surface area contributed by atoms with Crippen LogP contribution in [0.15, 0.2) is 102 Å². The van der Waals surface area contributed by atoms with Gasteiger partial charge in [0.05, 0.1) is 32.6 Å². The summed E-state index contributed by atoms with van der Waals surface area (Å²) in [5, 5.41) is 25.8. The summed E-state index contributed by atoms with van der Waals surface area (Å²) in [5.74, 6) is -2.77. The van der Waals surface area contributed by atoms with Crippen LogP contribution in [-0.4, -0.2) is 95.0 Å². The predicted octanol–water partition coefficient (Wildman–Crippen LogP) is 9.80. The van der Waals surface area contributed by atoms with Crippen LogP contribution >= 0.6 is 0 Å². The van der Waals surface area contributed by atoms with Gasteiger partial charge in [-0.15, -0.1) is 0 Å². The van der Waals surface area contributed by atoms with E-state index in [1.807, 2.05) is 0 Å². The molecule has 4 aliphatic rings. The van der Waals surface area contributed by atoms with E-state index >= 15 is 0 Å². The van der Waals surface area contributed by atoms with E-state index < -0.39 is 54.5 Å². The Hall–Kier alpha value is -6.54. The van der Waals surface area contributed by atoms with Crippen LogP contribution < -0.4 is 19.7 Å². The van der Waals surface area contributed by atoms with Crippen molar-refractivity contribution < 1.29 is 41.2 Å². The summed E-state index contributed by atoms with van der Waals surface area (Å²) in [6.45, 7) is 10.9. The third kappa shape index (κ3) is 10.5. The molecule has 0 unspecified atom stereocenters. The number of anilines is 2. The maximum Gasteiger partial charge on any atom is 0.293 e. The Labute approximate surface area is 421 Å². The van der Waals surface area contributed by atoms with Gasteiger partial charge in [-0.2, -0.15) is 0 Å². The zero-order valence-corrected chi connectivity index (χ0v) is 41.7. The minimum atomic E-state index is -4.66. The summed E-state index contributed by atoms with van der Waals surface area (Å²) < 4.78 is 78.6. The van der Waals surface area contributed by atoms with Crippen molar-refractivity contribution >= 4 is 44.0 Å². The van der Waals surface area contributed by atoms with Crippen molar-refractivity contribution in [2.75, 3.05) is 49.5 Å². The van der Waals surface area contributed by atoms with E-state index in [1.165, 1.54) is 53.7 Å². The van der Waals surface area contributed by atoms with Crippen LogP contribution in [0.5, 0.6) is 11.5 Å². The number of pyridine rings is 1. The van der Waals surface area contributed by atoms with Crippen molar-refractivity contribution in [1.82, 2.24) is 24.5 Å². The van der Waals surface area contributed by atoms with Gasteiger partial charge in [0.25, 0.3) is 21.6 Å². The minimum absolute atomic E-state index is 0.0163. The molecule has 2 aromatic heterocycles. The van der Waals surface area contributed by atoms with Crippen molar-refractivity contribution in [3.63, 3.8) is 0 Å². The van der Waals surface area contributed by atoms with Gasteiger partial charge in [-0.1, -0.05) is 44.2 Å². The first-order valence-electron chi connectivity index (χ1n) is 24.8. The Morgan fingerprint density at radius 1 is 0.973 bits per heavy atom. The van der Waals surface area contributed by atoms with Crippen molar-refractivity contribution in [3.05, 3.63) is 147 Å². The molecule has 15 nitrogen and oxygen atoms in total. The first-order chi connectivity index (χ1) is 34.8. The van der Waals surface area contributed by atoms with Gasteiger partial charge in [0, 0.05) is 87.3 Å². The molecule has 2 saturated carbocycles. The maximum atomic E-state index is 14.7. The predicted molar refractivity (Wildman–Crippen MR) is 271 cm³/mol. The minimum Gasteiger partial charge on any atom is -0.455 e. The molecule has 6 aromatic rings. The molecule has 384 valence electrons. The number of rotatable bonds is 15. The van der Waals surface area contributed by atoms with E-state index in [2.05, 4.69) is 72.8 Å². The van der Waals surface area contributed by atoms with Crippen LogP contribution in [0, 0.1) is 38.9 Å². The first-order valence-corrected chi connectivity index (χ1v) is 26.3. The highest BCUT2D eigenvalue weighted by molar-refractivity contribution is 7.90. The molecule has 2 aliphatic heterocycles. The van der Waals surface area contributed by atoms with Crippen LogP contribution in [0.4, 0.5) is 30.2 Å². The smallest absolute Gasteiger partial charge is 0.293 e. The molecule has 4 fully saturated rings. The highest BCUT2D eigenvalue weighted by Gasteiger charge is 2.55. The fourth-order valence-corrected chi connectivity index (χ4v) is 12.4. The molecular formula is C54H59F3N8O7S. The van der Waals surface area contributed by atoms with Gasteiger partial charge in [-0.3, -0.25) is 24.7 Å². The largest absolute Gasteiger partial charge is 0.455 e. The Kier molecular flexibility index (Phi) is 13.5. The molecular weight excluding hydrogens is 962 g/mol. The standard InChI is InChI=1S/C54H59F3N8O7S/c1-33(2)40-6-4-5-7-41(40)49-30-62(29-35-8-12-44(55)45(56)20-35)18-19-64(49)37-24-54(25-37)31-63(32-54)36-9-11-42(50(21-36)72-38-22-43-46(57)28-60-51(43)59-27-38)52(66)61-73(70,71)39-10-13-47(48(23-39)65(68)69)58-26-34-14-16-53(3,67)17-15-34/h4-13,20-23,27-28,33-34,37,49,58,67H,14-19,24-26,29-32H2,1-3H3,(H,59,60)(H,61,66)/t34?,49-,53?/m0/s1. The van der Waals surface area contributed by atoms with Crippen LogP contribution in [0.3, 0.4) is 0 Å². The van der Waals surface area contributed by atoms with E-state index in [1.54, 1.807) is 25.1 Å². The second-order valence-corrected chi connectivity index (χ2v) is 22.8. The van der Waals surface area contributed by atoms with Gasteiger partial charge in [0.2, 0.25) is 0 Å². The molecule has 1 spiro atoms. The zero-order chi connectivity index (χ0) is 51.4. The molecule has 2 aliphatic carbocycles. The van der Waals surface area contributed by atoms with Gasteiger partial charge in [-0.05, 0) is 116 Å². The number of nitro groups is 1. The average Bonchev–Trinajstić information content (AvgIpc) is 3.70. The number of ether oxygens (including phenoxy) is 1. The van der Waals surface area contributed by atoms with E-state index in [9.17, 15) is 41.6 Å². The Morgan fingerprint density at radius 3 is 2.48 bits per heavy atom. The molecule has 19 heteroatoms. The Bertz CT molecular complexity index is 3180. The number of benzene rings is 4. The van der Waals surface area contributed by atoms with Crippen LogP contribution in [0.2, 0.25) is 0 Å². The van der Waals surface area contributed by atoms with Crippen molar-refractivity contribution in [2.45, 2.75) is 94.3 Å². The normalized spacial score (nSPS) is 21.5. The van der Waals surface area contributed by atoms with Crippen molar-refractivity contribution in [3.8, 4) is 11.5 Å². The number of nitrogens with zero attached hydrogens (tertiary/aromatic N) is 5. The quantitative estimate of drug-likeness (QED) is 0.0565. The second-order valence-electron chi connectivity index (χ2n) is 21.1. The number of hydrogen-bond donors (Lipinski definition) is 4. The van der Waals surface area contributed by atoms with Gasteiger partial charge in [-0.25, -0.2) is 31.3 Å². The van der Waals surface area contributed by atoms with E-state index in [0.717, 1.165) is 81.9 Å². The maximum absolute atomic E-state index is 14.7. The second kappa shape index (κ2) is 19.7. The molecule has 10 rings (SSSR count). The van der Waals surface area contributed by atoms with Crippen molar-refractivity contribution in [2.24, 2.45) is 11.3 Å². The molecule has 0 bridgehead atoms. The SMILES string of the molecule is CC(C)c1ccccc1[C@@H]1CN(Cc2ccc(F)c(F)c2)CCN1C1CC2(C1)CN(c1ccc(C(=O)NS(=O)(=O)c3ccc(NCC4CCC(C)(O)CC4)c([N+](=O)[O-])c3)c(Oc3cnc4[nH]cc(F)c4c3)c1)C2. The number of nitrogens with one attached hydrogen (secondary N) is 3. The molecule has 2 saturated heterocycles. The summed E-state index contributed by atoms with van der Waals surface area (Å²) in [4.78, 5) is 39.2. The van der Waals surface area contributed by atoms with Gasteiger partial charge in [0.1, 0.15) is 28.7 Å². The molecule has 4 N–H and O–H groups in total. The van der Waals surface area contributed by atoms with Gasteiger partial charge < -0.3 is 25.0 Å². The number of aromatic nitrogens is 2. The van der Waals surface area contributed by atoms with E-state index in [4.69, 9.17) is 4.74 Å². The van der Waals surface area contributed by atoms with Crippen molar-refractivity contribution in [1.29, 1.82) is 0 Å². The van der Waals surface area contributed by atoms with Crippen LogP contribution in [-0.2, 0) is 16.6 Å². The molecule has 4 aromatic carbocycles. The summed E-state index contributed by atoms with van der Waals surface area (Å²) >= 11 is 0. The number of aromatic amines is 1. The van der Waals surface area contributed by atoms with Gasteiger partial charge >= 0.3 is 0 Å². The fraction of sp³-hybridized carbons (Fsp3) is 0.407. The van der Waals surface area contributed by atoms with Crippen LogP contribution in [0.1, 0.15) is 98.3 Å². The summed E-state index contributed by atoms with van der Waals surface area (Å²) in [7, 11) is -4.66. The lowest BCUT2D eigenvalue weighted by atomic mass is 9.59. The number of carbonyl (C=O) groups excluding carboxylic acids is 1. The lowest BCUT2D eigenvalue weighted by Gasteiger charge is -2.63. The van der Waals surface area contributed by atoms with E-state index in [0.29, 0.717) is 37.9 Å². The highest BCUT2D eigenvalue weighted by Crippen LogP contribution is 2.54. The molecule has 1 amide bonds. The average molecular weight is 1020 g/mol. The lowest BCUT2D eigenvalue weighted by Crippen LogP contribution is -2.68. The number of H-pyrrole nitrogens is 1. The number of carbonyl (C=O) groups is 1. The third-order valence-electron chi connectivity index (χ3n) is 15.5. The summed E-state index contributed by atoms with van der Waals surface area (Å²) in [6, 6.07) is 22.7. The monoisotopic (exact) mass is 1020 g/mol. The van der Waals surface area contributed by atoms with Crippen LogP contribution in [0.25, 0.3) is 11.0 Å². The number of fused-ring (bicyclic) bond motifs is 1. The number of hydrogen-bond acceptors (Lipinski definition) is 12. The topological polar surface area (TPSA) is 186 Å². The Balaban J connectivity index is 0.850. The number of halogens is 3. The number of aliphatic hydroxyl groups is 1. The highest BCUT2D eigenvalue weighted by atomic mass is 32.2. The van der Waals surface area contributed by atoms with E-state index in [-0.39, 0.29) is 51.2 Å². The number of piperazine rings is 1. The molecule has 4 heterocycles. The lowest BCUT2D eigenvalue weighted by molar-refractivity contribution is -0.384. The third-order valence-corrected chi connectivity index (χ3v) is 16.8. The van der Waals surface area contributed by atoms with Gasteiger partial charge in [0.15, 0.2) is 11.6 Å².